The molecular formula is C24H23FN4O2. The third-order valence-electron chi connectivity index (χ3n) is 6.09. The Hall–Kier alpha value is -3.48. The molecule has 5 rings (SSSR count). The summed E-state index contributed by atoms with van der Waals surface area (Å²) in [4.78, 5) is 29.3. The summed E-state index contributed by atoms with van der Waals surface area (Å²) in [6.07, 6.45) is 2.79. The molecule has 1 saturated heterocycles. The number of aromatic nitrogens is 2. The number of para-hydroxylation sites is 1. The molecule has 3 aromatic rings. The molecule has 0 saturated carbocycles. The first-order chi connectivity index (χ1) is 15.1. The Morgan fingerprint density at radius 2 is 1.45 bits per heavy atom. The fourth-order valence-electron chi connectivity index (χ4n) is 4.46. The molecule has 1 aromatic heterocycles. The van der Waals surface area contributed by atoms with Crippen LogP contribution in [0.2, 0.25) is 0 Å². The summed E-state index contributed by atoms with van der Waals surface area (Å²) in [6, 6.07) is 15.9. The summed E-state index contributed by atoms with van der Waals surface area (Å²) >= 11 is 0. The Labute approximate surface area is 179 Å². The molecule has 2 aliphatic rings. The Morgan fingerprint density at radius 3 is 2.16 bits per heavy atom. The molecule has 0 bridgehead atoms. The monoisotopic (exact) mass is 418 g/mol. The Morgan fingerprint density at radius 1 is 0.806 bits per heavy atom. The van der Waals surface area contributed by atoms with Crippen LogP contribution in [0.4, 0.5) is 4.39 Å². The zero-order valence-corrected chi connectivity index (χ0v) is 17.1. The van der Waals surface area contributed by atoms with Crippen molar-refractivity contribution in [2.45, 2.75) is 19.3 Å². The molecule has 158 valence electrons. The first-order valence-corrected chi connectivity index (χ1v) is 10.6. The molecular weight excluding hydrogens is 395 g/mol. The number of rotatable bonds is 3. The number of carbonyl (C=O) groups is 2. The maximum Gasteiger partial charge on any atom is 0.274 e. The second kappa shape index (κ2) is 7.98. The van der Waals surface area contributed by atoms with E-state index in [0.717, 1.165) is 36.2 Å². The van der Waals surface area contributed by atoms with E-state index in [0.29, 0.717) is 31.9 Å². The van der Waals surface area contributed by atoms with Crippen LogP contribution in [-0.2, 0) is 12.8 Å². The number of hydrogen-bond acceptors (Lipinski definition) is 3. The summed E-state index contributed by atoms with van der Waals surface area (Å²) in [6.45, 7) is 1.57. The molecule has 0 N–H and O–H groups in total. The molecule has 1 aliphatic heterocycles. The van der Waals surface area contributed by atoms with Gasteiger partial charge in [-0.2, -0.15) is 5.10 Å². The third-order valence-corrected chi connectivity index (χ3v) is 6.09. The van der Waals surface area contributed by atoms with Gasteiger partial charge in [0.25, 0.3) is 11.8 Å². The topological polar surface area (TPSA) is 58.4 Å². The largest absolute Gasteiger partial charge is 0.335 e. The first-order valence-electron chi connectivity index (χ1n) is 10.6. The highest BCUT2D eigenvalue weighted by atomic mass is 19.1. The molecule has 0 spiro atoms. The van der Waals surface area contributed by atoms with Crippen molar-refractivity contribution >= 4 is 11.8 Å². The van der Waals surface area contributed by atoms with Crippen molar-refractivity contribution in [3.05, 3.63) is 82.9 Å². The SMILES string of the molecule is O=C(c1ccccc1F)N1CCN(C(=O)c2nn(-c3ccccc3)c3c2CCC3)CC1. The van der Waals surface area contributed by atoms with Gasteiger partial charge in [-0.05, 0) is 43.5 Å². The second-order valence-electron chi connectivity index (χ2n) is 7.94. The second-order valence-corrected chi connectivity index (χ2v) is 7.94. The van der Waals surface area contributed by atoms with Crippen LogP contribution in [-0.4, -0.2) is 57.6 Å². The average Bonchev–Trinajstić information content (AvgIpc) is 3.42. The number of carbonyl (C=O) groups excluding carboxylic acids is 2. The lowest BCUT2D eigenvalue weighted by Crippen LogP contribution is -2.51. The van der Waals surface area contributed by atoms with Gasteiger partial charge in [-0.15, -0.1) is 0 Å². The maximum absolute atomic E-state index is 14.0. The molecule has 7 heteroatoms. The molecule has 2 amide bonds. The van der Waals surface area contributed by atoms with Gasteiger partial charge in [0.1, 0.15) is 5.82 Å². The molecule has 2 aromatic carbocycles. The molecule has 1 fully saturated rings. The summed E-state index contributed by atoms with van der Waals surface area (Å²) < 4.78 is 15.9. The van der Waals surface area contributed by atoms with Crippen LogP contribution in [0.3, 0.4) is 0 Å². The van der Waals surface area contributed by atoms with Crippen molar-refractivity contribution in [3.8, 4) is 5.69 Å². The minimum atomic E-state index is -0.520. The van der Waals surface area contributed by atoms with Gasteiger partial charge in [0.2, 0.25) is 0 Å². The number of amides is 2. The van der Waals surface area contributed by atoms with Gasteiger partial charge in [-0.25, -0.2) is 9.07 Å². The van der Waals surface area contributed by atoms with Crippen molar-refractivity contribution < 1.29 is 14.0 Å². The summed E-state index contributed by atoms with van der Waals surface area (Å²) in [5, 5.41) is 4.69. The van der Waals surface area contributed by atoms with Crippen LogP contribution in [0.25, 0.3) is 5.69 Å². The normalized spacial score (nSPS) is 15.8. The Bertz CT molecular complexity index is 1130. The number of fused-ring (bicyclic) bond motifs is 1. The summed E-state index contributed by atoms with van der Waals surface area (Å²) in [5.74, 6) is -0.946. The zero-order valence-electron chi connectivity index (χ0n) is 17.1. The van der Waals surface area contributed by atoms with Crippen LogP contribution >= 0.6 is 0 Å². The average molecular weight is 418 g/mol. The van der Waals surface area contributed by atoms with Gasteiger partial charge in [0.05, 0.1) is 11.3 Å². The van der Waals surface area contributed by atoms with Crippen LogP contribution in [0, 0.1) is 5.82 Å². The van der Waals surface area contributed by atoms with Crippen LogP contribution in [0.15, 0.2) is 54.6 Å². The molecule has 2 heterocycles. The quantitative estimate of drug-likeness (QED) is 0.657. The minimum Gasteiger partial charge on any atom is -0.335 e. The minimum absolute atomic E-state index is 0.0710. The van der Waals surface area contributed by atoms with Crippen molar-refractivity contribution in [1.29, 1.82) is 0 Å². The first kappa shape index (κ1) is 19.5. The lowest BCUT2D eigenvalue weighted by atomic mass is 10.1. The lowest BCUT2D eigenvalue weighted by molar-refractivity contribution is 0.0529. The van der Waals surface area contributed by atoms with E-state index in [9.17, 15) is 14.0 Å². The van der Waals surface area contributed by atoms with E-state index in [1.807, 2.05) is 35.0 Å². The van der Waals surface area contributed by atoms with Gasteiger partial charge in [-0.3, -0.25) is 9.59 Å². The van der Waals surface area contributed by atoms with Gasteiger partial charge < -0.3 is 9.80 Å². The fraction of sp³-hybridized carbons (Fsp3) is 0.292. The number of halogens is 1. The predicted octanol–water partition coefficient (Wildman–Crippen LogP) is 3.10. The molecule has 31 heavy (non-hydrogen) atoms. The van der Waals surface area contributed by atoms with Crippen LogP contribution in [0.1, 0.15) is 38.5 Å². The summed E-state index contributed by atoms with van der Waals surface area (Å²) in [7, 11) is 0. The highest BCUT2D eigenvalue weighted by Gasteiger charge is 2.32. The number of nitrogens with zero attached hydrogens (tertiary/aromatic N) is 4. The molecule has 0 atom stereocenters. The standard InChI is InChI=1S/C24H23FN4O2/c25-20-11-5-4-9-18(20)23(30)27-13-15-28(16-14-27)24(31)22-19-10-6-12-21(19)29(26-22)17-7-2-1-3-8-17/h1-5,7-9,11H,6,10,12-16H2. The Kier molecular flexibility index (Phi) is 5.02. The zero-order chi connectivity index (χ0) is 21.4. The number of benzene rings is 2. The highest BCUT2D eigenvalue weighted by Crippen LogP contribution is 2.29. The van der Waals surface area contributed by atoms with Crippen LogP contribution < -0.4 is 0 Å². The van der Waals surface area contributed by atoms with E-state index >= 15 is 0 Å². The van der Waals surface area contributed by atoms with Gasteiger partial charge >= 0.3 is 0 Å². The summed E-state index contributed by atoms with van der Waals surface area (Å²) in [5.41, 5.74) is 3.70. The van der Waals surface area contributed by atoms with E-state index in [4.69, 9.17) is 0 Å². The van der Waals surface area contributed by atoms with E-state index in [-0.39, 0.29) is 17.4 Å². The smallest absolute Gasteiger partial charge is 0.274 e. The van der Waals surface area contributed by atoms with Gasteiger partial charge in [0, 0.05) is 37.4 Å². The molecule has 0 radical (unpaired) electrons. The van der Waals surface area contributed by atoms with Crippen LogP contribution in [0.5, 0.6) is 0 Å². The van der Waals surface area contributed by atoms with Gasteiger partial charge in [0.15, 0.2) is 5.69 Å². The van der Waals surface area contributed by atoms with Crippen molar-refractivity contribution in [1.82, 2.24) is 19.6 Å². The predicted molar refractivity (Wildman–Crippen MR) is 114 cm³/mol. The number of piperazine rings is 1. The van der Waals surface area contributed by atoms with E-state index < -0.39 is 5.82 Å². The molecule has 1 aliphatic carbocycles. The fourth-order valence-corrected chi connectivity index (χ4v) is 4.46. The van der Waals surface area contributed by atoms with Crippen molar-refractivity contribution in [2.24, 2.45) is 0 Å². The van der Waals surface area contributed by atoms with E-state index in [1.165, 1.54) is 12.1 Å². The Balaban J connectivity index is 1.33. The third kappa shape index (κ3) is 3.50. The van der Waals surface area contributed by atoms with Gasteiger partial charge in [-0.1, -0.05) is 30.3 Å². The number of hydrogen-bond donors (Lipinski definition) is 0. The van der Waals surface area contributed by atoms with Crippen molar-refractivity contribution in [2.75, 3.05) is 26.2 Å². The molecule has 0 unspecified atom stereocenters. The lowest BCUT2D eigenvalue weighted by Gasteiger charge is -2.34. The van der Waals surface area contributed by atoms with E-state index in [2.05, 4.69) is 5.10 Å². The molecule has 6 nitrogen and oxygen atoms in total. The maximum atomic E-state index is 14.0. The van der Waals surface area contributed by atoms with Crippen molar-refractivity contribution in [3.63, 3.8) is 0 Å². The van der Waals surface area contributed by atoms with E-state index in [1.54, 1.807) is 21.9 Å². The highest BCUT2D eigenvalue weighted by molar-refractivity contribution is 5.96.